The van der Waals surface area contributed by atoms with Gasteiger partial charge < -0.3 is 10.2 Å². The second kappa shape index (κ2) is 5.55. The maximum atomic E-state index is 4.39. The lowest BCUT2D eigenvalue weighted by atomic mass is 9.83. The zero-order valence-corrected chi connectivity index (χ0v) is 11.7. The van der Waals surface area contributed by atoms with Gasteiger partial charge in [0, 0.05) is 25.7 Å². The molecule has 4 heteroatoms. The predicted octanol–water partition coefficient (Wildman–Crippen LogP) is 2.92. The third kappa shape index (κ3) is 3.34. The molecule has 1 saturated heterocycles. The monoisotopic (exact) mass is 248 g/mol. The van der Waals surface area contributed by atoms with Gasteiger partial charge in [0.25, 0.3) is 0 Å². The average Bonchev–Trinajstić information content (AvgIpc) is 2.37. The van der Waals surface area contributed by atoms with Crippen molar-refractivity contribution in [3.8, 4) is 0 Å². The van der Waals surface area contributed by atoms with Crippen LogP contribution in [-0.2, 0) is 0 Å². The molecule has 2 rings (SSSR count). The second-order valence-electron chi connectivity index (χ2n) is 5.84. The molecule has 1 aliphatic rings. The molecular weight excluding hydrogens is 224 g/mol. The Morgan fingerprint density at radius 3 is 2.67 bits per heavy atom. The van der Waals surface area contributed by atoms with Crippen molar-refractivity contribution in [1.29, 1.82) is 0 Å². The maximum absolute atomic E-state index is 4.39. The molecule has 1 aromatic rings. The summed E-state index contributed by atoms with van der Waals surface area (Å²) in [4.78, 5) is 11.0. The summed E-state index contributed by atoms with van der Waals surface area (Å²) in [5.74, 6) is 1.99. The van der Waals surface area contributed by atoms with Crippen molar-refractivity contribution in [3.63, 3.8) is 0 Å². The standard InChI is InChI=1S/C14H24N4/c1-4-7-15-12-10-13(17-11-16-12)18-8-5-14(2,3)6-9-18/h10-11H,4-9H2,1-3H3,(H,15,16,17). The number of anilines is 2. The summed E-state index contributed by atoms with van der Waals surface area (Å²) >= 11 is 0. The summed E-state index contributed by atoms with van der Waals surface area (Å²) in [5.41, 5.74) is 0.479. The molecule has 0 spiro atoms. The summed E-state index contributed by atoms with van der Waals surface area (Å²) in [5, 5.41) is 3.31. The van der Waals surface area contributed by atoms with Crippen LogP contribution in [0.2, 0.25) is 0 Å². The number of rotatable bonds is 4. The molecule has 1 aliphatic heterocycles. The summed E-state index contributed by atoms with van der Waals surface area (Å²) in [6.07, 6.45) is 5.23. The van der Waals surface area contributed by atoms with Gasteiger partial charge in [-0.1, -0.05) is 20.8 Å². The molecule has 100 valence electrons. The Kier molecular flexibility index (Phi) is 4.04. The first-order chi connectivity index (χ1) is 8.61. The molecule has 0 unspecified atom stereocenters. The van der Waals surface area contributed by atoms with Gasteiger partial charge in [0.1, 0.15) is 18.0 Å². The fraction of sp³-hybridized carbons (Fsp3) is 0.714. The van der Waals surface area contributed by atoms with Gasteiger partial charge in [0.15, 0.2) is 0 Å². The normalized spacial score (nSPS) is 18.7. The molecule has 1 fully saturated rings. The topological polar surface area (TPSA) is 41.0 Å². The van der Waals surface area contributed by atoms with Crippen LogP contribution in [0.4, 0.5) is 11.6 Å². The molecule has 0 aliphatic carbocycles. The van der Waals surface area contributed by atoms with E-state index in [-0.39, 0.29) is 0 Å². The zero-order valence-electron chi connectivity index (χ0n) is 11.7. The minimum atomic E-state index is 0.479. The van der Waals surface area contributed by atoms with Crippen molar-refractivity contribution < 1.29 is 0 Å². The van der Waals surface area contributed by atoms with Crippen LogP contribution >= 0.6 is 0 Å². The molecular formula is C14H24N4. The minimum absolute atomic E-state index is 0.479. The smallest absolute Gasteiger partial charge is 0.134 e. The number of aromatic nitrogens is 2. The van der Waals surface area contributed by atoms with E-state index in [2.05, 4.69) is 47.0 Å². The van der Waals surface area contributed by atoms with E-state index in [9.17, 15) is 0 Å². The number of nitrogens with one attached hydrogen (secondary N) is 1. The van der Waals surface area contributed by atoms with Crippen molar-refractivity contribution in [2.75, 3.05) is 29.9 Å². The van der Waals surface area contributed by atoms with E-state index in [0.29, 0.717) is 5.41 Å². The van der Waals surface area contributed by atoms with E-state index in [0.717, 1.165) is 37.7 Å². The van der Waals surface area contributed by atoms with Crippen LogP contribution < -0.4 is 10.2 Å². The highest BCUT2D eigenvalue weighted by molar-refractivity contribution is 5.48. The predicted molar refractivity (Wildman–Crippen MR) is 76.0 cm³/mol. The third-order valence-electron chi connectivity index (χ3n) is 3.65. The summed E-state index contributed by atoms with van der Waals surface area (Å²) in [6, 6.07) is 2.06. The number of piperidine rings is 1. The van der Waals surface area contributed by atoms with Crippen molar-refractivity contribution in [3.05, 3.63) is 12.4 Å². The quantitative estimate of drug-likeness (QED) is 0.889. The molecule has 18 heavy (non-hydrogen) atoms. The molecule has 0 radical (unpaired) electrons. The molecule has 0 amide bonds. The van der Waals surface area contributed by atoms with Gasteiger partial charge >= 0.3 is 0 Å². The van der Waals surface area contributed by atoms with Gasteiger partial charge in [0.2, 0.25) is 0 Å². The van der Waals surface area contributed by atoms with Crippen LogP contribution in [0.5, 0.6) is 0 Å². The lowest BCUT2D eigenvalue weighted by Crippen LogP contribution is -2.37. The van der Waals surface area contributed by atoms with Crippen molar-refractivity contribution in [2.45, 2.75) is 40.0 Å². The van der Waals surface area contributed by atoms with Gasteiger partial charge in [0.05, 0.1) is 0 Å². The Hall–Kier alpha value is -1.32. The van der Waals surface area contributed by atoms with Gasteiger partial charge in [-0.05, 0) is 24.7 Å². The number of hydrogen-bond donors (Lipinski definition) is 1. The molecule has 4 nitrogen and oxygen atoms in total. The maximum Gasteiger partial charge on any atom is 0.134 e. The highest BCUT2D eigenvalue weighted by atomic mass is 15.2. The fourth-order valence-corrected chi connectivity index (χ4v) is 2.21. The minimum Gasteiger partial charge on any atom is -0.370 e. The fourth-order valence-electron chi connectivity index (χ4n) is 2.21. The Balaban J connectivity index is 2.00. The van der Waals surface area contributed by atoms with Gasteiger partial charge in [-0.15, -0.1) is 0 Å². The van der Waals surface area contributed by atoms with E-state index < -0.39 is 0 Å². The van der Waals surface area contributed by atoms with E-state index >= 15 is 0 Å². The number of hydrogen-bond acceptors (Lipinski definition) is 4. The van der Waals surface area contributed by atoms with Gasteiger partial charge in [-0.2, -0.15) is 0 Å². The lowest BCUT2D eigenvalue weighted by molar-refractivity contribution is 0.279. The number of nitrogens with zero attached hydrogens (tertiary/aromatic N) is 3. The Morgan fingerprint density at radius 2 is 2.00 bits per heavy atom. The summed E-state index contributed by atoms with van der Waals surface area (Å²) in [6.45, 7) is 10.00. The first-order valence-corrected chi connectivity index (χ1v) is 6.91. The van der Waals surface area contributed by atoms with E-state index in [1.807, 2.05) is 0 Å². The SMILES string of the molecule is CCCNc1cc(N2CCC(C)(C)CC2)ncn1. The van der Waals surface area contributed by atoms with Gasteiger partial charge in [-0.25, -0.2) is 9.97 Å². The second-order valence-corrected chi connectivity index (χ2v) is 5.84. The van der Waals surface area contributed by atoms with Crippen LogP contribution in [0.15, 0.2) is 12.4 Å². The molecule has 1 aromatic heterocycles. The molecule has 1 N–H and O–H groups in total. The third-order valence-corrected chi connectivity index (χ3v) is 3.65. The molecule has 0 saturated carbocycles. The van der Waals surface area contributed by atoms with Gasteiger partial charge in [-0.3, -0.25) is 0 Å². The van der Waals surface area contributed by atoms with Crippen molar-refractivity contribution in [1.82, 2.24) is 9.97 Å². The van der Waals surface area contributed by atoms with E-state index in [1.54, 1.807) is 6.33 Å². The van der Waals surface area contributed by atoms with Crippen LogP contribution in [0.1, 0.15) is 40.0 Å². The Morgan fingerprint density at radius 1 is 1.28 bits per heavy atom. The first-order valence-electron chi connectivity index (χ1n) is 6.91. The summed E-state index contributed by atoms with van der Waals surface area (Å²) < 4.78 is 0. The van der Waals surface area contributed by atoms with Crippen molar-refractivity contribution >= 4 is 11.6 Å². The van der Waals surface area contributed by atoms with E-state index in [1.165, 1.54) is 12.8 Å². The van der Waals surface area contributed by atoms with E-state index in [4.69, 9.17) is 0 Å². The Labute approximate surface area is 110 Å². The largest absolute Gasteiger partial charge is 0.370 e. The zero-order chi connectivity index (χ0) is 13.0. The molecule has 0 atom stereocenters. The highest BCUT2D eigenvalue weighted by Crippen LogP contribution is 2.31. The van der Waals surface area contributed by atoms with Crippen LogP contribution in [0.25, 0.3) is 0 Å². The Bertz CT molecular complexity index is 379. The lowest BCUT2D eigenvalue weighted by Gasteiger charge is -2.37. The molecule has 0 bridgehead atoms. The summed E-state index contributed by atoms with van der Waals surface area (Å²) in [7, 11) is 0. The van der Waals surface area contributed by atoms with Crippen molar-refractivity contribution in [2.24, 2.45) is 5.41 Å². The highest BCUT2D eigenvalue weighted by Gasteiger charge is 2.25. The first kappa shape index (κ1) is 13.1. The van der Waals surface area contributed by atoms with Crippen LogP contribution in [0, 0.1) is 5.41 Å². The average molecular weight is 248 g/mol. The molecule has 0 aromatic carbocycles. The van der Waals surface area contributed by atoms with Crippen LogP contribution in [0.3, 0.4) is 0 Å². The van der Waals surface area contributed by atoms with Crippen LogP contribution in [-0.4, -0.2) is 29.6 Å². The molecule has 2 heterocycles.